The summed E-state index contributed by atoms with van der Waals surface area (Å²) < 4.78 is 22.1. The lowest BCUT2D eigenvalue weighted by Gasteiger charge is -1.92. The largest absolute Gasteiger partial charge is 0.368 e. The molecular weight excluding hydrogens is 120 g/mol. The maximum absolute atomic E-state index is 11.1. The molecule has 0 rings (SSSR count). The quantitative estimate of drug-likeness (QED) is 0.438. The van der Waals surface area contributed by atoms with Crippen LogP contribution in [0.1, 0.15) is 0 Å². The molecule has 0 atom stereocenters. The Balaban J connectivity index is 2.81. The van der Waals surface area contributed by atoms with E-state index in [9.17, 15) is 8.78 Å². The van der Waals surface area contributed by atoms with Crippen molar-refractivity contribution in [3.63, 3.8) is 0 Å². The molecule has 1 N–H and O–H groups in total. The first-order chi connectivity index (χ1) is 3.27. The van der Waals surface area contributed by atoms with Crippen molar-refractivity contribution in [2.75, 3.05) is 6.54 Å². The van der Waals surface area contributed by atoms with Crippen molar-refractivity contribution in [2.45, 2.75) is 6.43 Å². The fourth-order valence-electron chi connectivity index (χ4n) is 0.119. The molecule has 0 aliphatic carbocycles. The summed E-state index contributed by atoms with van der Waals surface area (Å²) in [7, 11) is 0. The first kappa shape index (κ1) is 6.75. The Bertz CT molecular complexity index is 56.9. The maximum atomic E-state index is 11.1. The molecule has 0 fully saturated rings. The monoisotopic (exact) mass is 124 g/mol. The third-order valence-corrected chi connectivity index (χ3v) is 0.473. The van der Waals surface area contributed by atoms with Gasteiger partial charge in [0.25, 0.3) is 6.43 Å². The van der Waals surface area contributed by atoms with E-state index in [1.807, 2.05) is 5.49 Å². The van der Waals surface area contributed by atoms with E-state index >= 15 is 0 Å². The molecule has 1 nitrogen and oxygen atoms in total. The predicted octanol–water partition coefficient (Wildman–Crippen LogP) is 0.675. The molecular formula is C3H4F2NS. The van der Waals surface area contributed by atoms with Gasteiger partial charge in [-0.2, -0.15) is 0 Å². The van der Waals surface area contributed by atoms with Crippen LogP contribution in [0.3, 0.4) is 0 Å². The second-order valence-corrected chi connectivity index (χ2v) is 1.08. The molecule has 0 spiro atoms. The fraction of sp³-hybridized carbons (Fsp3) is 0.667. The molecule has 4 heteroatoms. The maximum Gasteiger partial charge on any atom is 0.255 e. The van der Waals surface area contributed by atoms with Crippen molar-refractivity contribution >= 4 is 17.7 Å². The van der Waals surface area contributed by atoms with Gasteiger partial charge < -0.3 is 5.32 Å². The summed E-state index contributed by atoms with van der Waals surface area (Å²) in [5, 5.41) is 2.06. The second kappa shape index (κ2) is 3.92. The van der Waals surface area contributed by atoms with Crippen molar-refractivity contribution in [3.05, 3.63) is 0 Å². The zero-order valence-corrected chi connectivity index (χ0v) is 4.27. The molecule has 7 heavy (non-hydrogen) atoms. The Labute approximate surface area is 45.7 Å². The van der Waals surface area contributed by atoms with Crippen molar-refractivity contribution in [1.82, 2.24) is 5.32 Å². The highest BCUT2D eigenvalue weighted by Crippen LogP contribution is 1.85. The van der Waals surface area contributed by atoms with Gasteiger partial charge in [0, 0.05) is 0 Å². The Hall–Kier alpha value is -0.250. The third-order valence-electron chi connectivity index (χ3n) is 0.329. The number of halogens is 2. The summed E-state index contributed by atoms with van der Waals surface area (Å²) in [5.41, 5.74) is 1.95. The van der Waals surface area contributed by atoms with Gasteiger partial charge in [-0.1, -0.05) is 12.2 Å². The van der Waals surface area contributed by atoms with Gasteiger partial charge >= 0.3 is 0 Å². The SMILES string of the molecule is FC(F)CN[C]=S. The summed E-state index contributed by atoms with van der Waals surface area (Å²) in [6, 6.07) is 0. The lowest BCUT2D eigenvalue weighted by atomic mass is 10.7. The molecule has 0 amide bonds. The molecule has 0 unspecified atom stereocenters. The lowest BCUT2D eigenvalue weighted by Crippen LogP contribution is -2.17. The average molecular weight is 124 g/mol. The molecule has 0 aromatic heterocycles. The number of rotatable bonds is 3. The van der Waals surface area contributed by atoms with Crippen LogP contribution < -0.4 is 5.32 Å². The van der Waals surface area contributed by atoms with E-state index in [0.717, 1.165) is 0 Å². The van der Waals surface area contributed by atoms with Crippen LogP contribution >= 0.6 is 12.2 Å². The smallest absolute Gasteiger partial charge is 0.255 e. The zero-order chi connectivity index (χ0) is 5.70. The minimum absolute atomic E-state index is 0.399. The molecule has 0 saturated carbocycles. The van der Waals surface area contributed by atoms with Gasteiger partial charge in [-0.05, 0) is 0 Å². The molecule has 0 saturated heterocycles. The molecule has 0 aliphatic rings. The fourth-order valence-corrected chi connectivity index (χ4v) is 0.202. The van der Waals surface area contributed by atoms with Crippen molar-refractivity contribution in [1.29, 1.82) is 0 Å². The normalized spacial score (nSPS) is 9.00. The number of hydrogen-bond donors (Lipinski definition) is 1. The van der Waals surface area contributed by atoms with Crippen LogP contribution in [-0.4, -0.2) is 18.5 Å². The van der Waals surface area contributed by atoms with Crippen LogP contribution in [-0.2, 0) is 0 Å². The highest BCUT2D eigenvalue weighted by molar-refractivity contribution is 7.78. The zero-order valence-electron chi connectivity index (χ0n) is 3.45. The number of thiocarbonyl (C=S) groups is 1. The van der Waals surface area contributed by atoms with Crippen molar-refractivity contribution < 1.29 is 8.78 Å². The molecule has 0 bridgehead atoms. The summed E-state index contributed by atoms with van der Waals surface area (Å²) in [4.78, 5) is 0. The molecule has 0 aromatic rings. The standard InChI is InChI=1S/C3H4F2NS/c4-3(5)1-6-2-7/h3H,1H2,(H,6,7). The Kier molecular flexibility index (Phi) is 3.78. The minimum Gasteiger partial charge on any atom is -0.368 e. The molecule has 0 aliphatic heterocycles. The van der Waals surface area contributed by atoms with Crippen molar-refractivity contribution in [3.8, 4) is 0 Å². The van der Waals surface area contributed by atoms with Gasteiger partial charge in [-0.25, -0.2) is 8.78 Å². The van der Waals surface area contributed by atoms with Crippen LogP contribution in [0.25, 0.3) is 0 Å². The van der Waals surface area contributed by atoms with Gasteiger partial charge in [0.15, 0.2) is 0 Å². The lowest BCUT2D eigenvalue weighted by molar-refractivity contribution is 0.153. The summed E-state index contributed by atoms with van der Waals surface area (Å²) >= 11 is 4.08. The van der Waals surface area contributed by atoms with E-state index in [4.69, 9.17) is 0 Å². The topological polar surface area (TPSA) is 12.0 Å². The Morgan fingerprint density at radius 1 is 1.71 bits per heavy atom. The molecule has 0 aromatic carbocycles. The number of hydrogen-bond acceptors (Lipinski definition) is 1. The molecule has 0 heterocycles. The Morgan fingerprint density at radius 2 is 2.29 bits per heavy atom. The van der Waals surface area contributed by atoms with E-state index < -0.39 is 13.0 Å². The molecule has 1 radical (unpaired) electrons. The predicted molar refractivity (Wildman–Crippen MR) is 26.6 cm³/mol. The summed E-state index contributed by atoms with van der Waals surface area (Å²) in [6.07, 6.45) is -2.34. The van der Waals surface area contributed by atoms with E-state index in [1.54, 1.807) is 0 Å². The highest BCUT2D eigenvalue weighted by atomic mass is 32.1. The van der Waals surface area contributed by atoms with E-state index in [2.05, 4.69) is 17.5 Å². The summed E-state index contributed by atoms with van der Waals surface area (Å²) in [6.45, 7) is -0.399. The van der Waals surface area contributed by atoms with Gasteiger partial charge in [-0.15, -0.1) is 0 Å². The first-order valence-electron chi connectivity index (χ1n) is 1.65. The third kappa shape index (κ3) is 5.75. The van der Waals surface area contributed by atoms with Crippen LogP contribution in [0.5, 0.6) is 0 Å². The minimum atomic E-state index is -2.34. The Morgan fingerprint density at radius 3 is 2.43 bits per heavy atom. The second-order valence-electron chi connectivity index (χ2n) is 0.874. The van der Waals surface area contributed by atoms with Crippen LogP contribution in [0.15, 0.2) is 0 Å². The van der Waals surface area contributed by atoms with Crippen molar-refractivity contribution in [2.24, 2.45) is 0 Å². The van der Waals surface area contributed by atoms with E-state index in [0.29, 0.717) is 0 Å². The average Bonchev–Trinajstić information content (AvgIpc) is 1.61. The van der Waals surface area contributed by atoms with E-state index in [-0.39, 0.29) is 0 Å². The van der Waals surface area contributed by atoms with Gasteiger partial charge in [0.1, 0.15) is 5.49 Å². The van der Waals surface area contributed by atoms with Crippen LogP contribution in [0, 0.1) is 0 Å². The first-order valence-corrected chi connectivity index (χ1v) is 2.06. The number of nitrogens with one attached hydrogen (secondary N) is 1. The van der Waals surface area contributed by atoms with E-state index in [1.165, 1.54) is 0 Å². The molecule has 41 valence electrons. The highest BCUT2D eigenvalue weighted by Gasteiger charge is 1.96. The van der Waals surface area contributed by atoms with Gasteiger partial charge in [0.05, 0.1) is 6.54 Å². The van der Waals surface area contributed by atoms with Gasteiger partial charge in [-0.3, -0.25) is 0 Å². The van der Waals surface area contributed by atoms with Crippen LogP contribution in [0.4, 0.5) is 8.78 Å². The van der Waals surface area contributed by atoms with Crippen LogP contribution in [0.2, 0.25) is 0 Å². The summed E-state index contributed by atoms with van der Waals surface area (Å²) in [5.74, 6) is 0. The van der Waals surface area contributed by atoms with Gasteiger partial charge in [0.2, 0.25) is 0 Å². The number of alkyl halides is 2.